The maximum Gasteiger partial charge on any atom is 0.272 e. The molecular formula is C17H21N3O5. The zero-order chi connectivity index (χ0) is 18.0. The highest BCUT2D eigenvalue weighted by Crippen LogP contribution is 2.21. The number of rotatable bonds is 3. The van der Waals surface area contributed by atoms with Gasteiger partial charge in [0.2, 0.25) is 0 Å². The van der Waals surface area contributed by atoms with Crippen molar-refractivity contribution in [1.29, 1.82) is 0 Å². The van der Waals surface area contributed by atoms with Crippen LogP contribution >= 0.6 is 0 Å². The van der Waals surface area contributed by atoms with E-state index in [9.17, 15) is 19.7 Å². The fraction of sp³-hybridized carbons (Fsp3) is 0.529. The fourth-order valence-electron chi connectivity index (χ4n) is 3.28. The van der Waals surface area contributed by atoms with Gasteiger partial charge in [0.15, 0.2) is 0 Å². The van der Waals surface area contributed by atoms with Crippen molar-refractivity contribution >= 4 is 17.5 Å². The largest absolute Gasteiger partial charge is 0.368 e. The summed E-state index contributed by atoms with van der Waals surface area (Å²) in [6.07, 6.45) is 1.34. The third kappa shape index (κ3) is 3.63. The van der Waals surface area contributed by atoms with E-state index in [-0.39, 0.29) is 23.6 Å². The summed E-state index contributed by atoms with van der Waals surface area (Å²) in [7, 11) is 0. The minimum absolute atomic E-state index is 0.00327. The first-order valence-electron chi connectivity index (χ1n) is 8.42. The predicted octanol–water partition coefficient (Wildman–Crippen LogP) is 1.37. The molecule has 0 aliphatic carbocycles. The van der Waals surface area contributed by atoms with Gasteiger partial charge in [-0.1, -0.05) is 0 Å². The molecule has 8 nitrogen and oxygen atoms in total. The quantitative estimate of drug-likeness (QED) is 0.608. The Labute approximate surface area is 145 Å². The van der Waals surface area contributed by atoms with Crippen molar-refractivity contribution in [3.05, 3.63) is 39.4 Å². The van der Waals surface area contributed by atoms with E-state index in [1.807, 2.05) is 0 Å². The number of amides is 2. The SMILES string of the molecule is Cc1cc(C(=O)N2CCN(C(=O)[C@H]3CCCO3)CC2)ccc1[N+](=O)[O-]. The molecule has 2 saturated heterocycles. The minimum atomic E-state index is -0.459. The lowest BCUT2D eigenvalue weighted by Gasteiger charge is -2.35. The van der Waals surface area contributed by atoms with Gasteiger partial charge in [0, 0.05) is 50.0 Å². The number of carbonyl (C=O) groups excluding carboxylic acids is 2. The summed E-state index contributed by atoms with van der Waals surface area (Å²) in [6, 6.07) is 4.39. The molecule has 2 aliphatic rings. The van der Waals surface area contributed by atoms with Gasteiger partial charge in [0.25, 0.3) is 17.5 Å². The predicted molar refractivity (Wildman–Crippen MR) is 89.3 cm³/mol. The molecule has 134 valence electrons. The second-order valence-corrected chi connectivity index (χ2v) is 6.38. The molecule has 0 N–H and O–H groups in total. The molecule has 2 amide bonds. The van der Waals surface area contributed by atoms with E-state index in [1.54, 1.807) is 22.8 Å². The van der Waals surface area contributed by atoms with Gasteiger partial charge in [-0.3, -0.25) is 19.7 Å². The topological polar surface area (TPSA) is 93.0 Å². The molecule has 0 spiro atoms. The highest BCUT2D eigenvalue weighted by molar-refractivity contribution is 5.95. The lowest BCUT2D eigenvalue weighted by Crippen LogP contribution is -2.52. The van der Waals surface area contributed by atoms with Crippen molar-refractivity contribution in [2.24, 2.45) is 0 Å². The smallest absolute Gasteiger partial charge is 0.272 e. The van der Waals surface area contributed by atoms with Crippen LogP contribution in [0, 0.1) is 17.0 Å². The molecule has 2 aliphatic heterocycles. The number of ether oxygens (including phenoxy) is 1. The number of aryl methyl sites for hydroxylation is 1. The third-order valence-electron chi connectivity index (χ3n) is 4.72. The number of carbonyl (C=O) groups is 2. The first-order valence-corrected chi connectivity index (χ1v) is 8.42. The van der Waals surface area contributed by atoms with E-state index in [1.165, 1.54) is 12.1 Å². The van der Waals surface area contributed by atoms with Crippen LogP contribution in [0.3, 0.4) is 0 Å². The van der Waals surface area contributed by atoms with Gasteiger partial charge in [0.05, 0.1) is 4.92 Å². The van der Waals surface area contributed by atoms with Crippen LogP contribution in [0.15, 0.2) is 18.2 Å². The molecule has 0 aromatic heterocycles. The Hall–Kier alpha value is -2.48. The molecule has 25 heavy (non-hydrogen) atoms. The summed E-state index contributed by atoms with van der Waals surface area (Å²) in [5.74, 6) is -0.155. The van der Waals surface area contributed by atoms with Crippen LogP contribution in [0.25, 0.3) is 0 Å². The zero-order valence-electron chi connectivity index (χ0n) is 14.1. The van der Waals surface area contributed by atoms with Crippen molar-refractivity contribution in [2.75, 3.05) is 32.8 Å². The summed E-state index contributed by atoms with van der Waals surface area (Å²) in [6.45, 7) is 4.12. The summed E-state index contributed by atoms with van der Waals surface area (Å²) < 4.78 is 5.43. The third-order valence-corrected chi connectivity index (χ3v) is 4.72. The van der Waals surface area contributed by atoms with E-state index in [0.29, 0.717) is 43.9 Å². The number of hydrogen-bond acceptors (Lipinski definition) is 5. The average Bonchev–Trinajstić information content (AvgIpc) is 3.15. The minimum Gasteiger partial charge on any atom is -0.368 e. The van der Waals surface area contributed by atoms with Crippen molar-refractivity contribution < 1.29 is 19.2 Å². The number of nitro groups is 1. The van der Waals surface area contributed by atoms with Crippen LogP contribution < -0.4 is 0 Å². The van der Waals surface area contributed by atoms with E-state index in [2.05, 4.69) is 0 Å². The van der Waals surface area contributed by atoms with E-state index in [4.69, 9.17) is 4.74 Å². The highest BCUT2D eigenvalue weighted by atomic mass is 16.6. The van der Waals surface area contributed by atoms with Gasteiger partial charge in [-0.05, 0) is 31.9 Å². The lowest BCUT2D eigenvalue weighted by atomic mass is 10.1. The lowest BCUT2D eigenvalue weighted by molar-refractivity contribution is -0.385. The molecule has 0 bridgehead atoms. The first kappa shape index (κ1) is 17.3. The second-order valence-electron chi connectivity index (χ2n) is 6.38. The van der Waals surface area contributed by atoms with Gasteiger partial charge in [-0.2, -0.15) is 0 Å². The normalized spacial score (nSPS) is 20.6. The van der Waals surface area contributed by atoms with Gasteiger partial charge in [0.1, 0.15) is 6.10 Å². The van der Waals surface area contributed by atoms with Crippen LogP contribution in [0.4, 0.5) is 5.69 Å². The number of hydrogen-bond donors (Lipinski definition) is 0. The Kier molecular flexibility index (Phi) is 4.98. The summed E-state index contributed by atoms with van der Waals surface area (Å²) in [5.41, 5.74) is 0.897. The zero-order valence-corrected chi connectivity index (χ0v) is 14.1. The number of nitro benzene ring substituents is 1. The van der Waals surface area contributed by atoms with Gasteiger partial charge >= 0.3 is 0 Å². The van der Waals surface area contributed by atoms with Crippen molar-refractivity contribution in [3.8, 4) is 0 Å². The summed E-state index contributed by atoms with van der Waals surface area (Å²) in [4.78, 5) is 38.8. The van der Waals surface area contributed by atoms with Crippen LogP contribution in [0.2, 0.25) is 0 Å². The monoisotopic (exact) mass is 347 g/mol. The Balaban J connectivity index is 1.60. The summed E-state index contributed by atoms with van der Waals surface area (Å²) in [5, 5.41) is 10.9. The Bertz CT molecular complexity index is 692. The van der Waals surface area contributed by atoms with Crippen LogP contribution in [0.5, 0.6) is 0 Å². The highest BCUT2D eigenvalue weighted by Gasteiger charge is 2.31. The number of piperazine rings is 1. The van der Waals surface area contributed by atoms with Crippen molar-refractivity contribution in [3.63, 3.8) is 0 Å². The molecule has 1 aromatic rings. The average molecular weight is 347 g/mol. The Morgan fingerprint density at radius 2 is 1.88 bits per heavy atom. The van der Waals surface area contributed by atoms with E-state index >= 15 is 0 Å². The van der Waals surface area contributed by atoms with Crippen LogP contribution in [-0.4, -0.2) is 65.4 Å². The number of benzene rings is 1. The molecule has 3 rings (SSSR count). The van der Waals surface area contributed by atoms with Crippen molar-refractivity contribution in [1.82, 2.24) is 9.80 Å². The maximum absolute atomic E-state index is 12.6. The molecule has 2 fully saturated rings. The fourth-order valence-corrected chi connectivity index (χ4v) is 3.28. The molecule has 0 unspecified atom stereocenters. The summed E-state index contributed by atoms with van der Waals surface area (Å²) >= 11 is 0. The molecular weight excluding hydrogens is 326 g/mol. The first-order chi connectivity index (χ1) is 12.0. The van der Waals surface area contributed by atoms with Crippen molar-refractivity contribution in [2.45, 2.75) is 25.9 Å². The van der Waals surface area contributed by atoms with Gasteiger partial charge < -0.3 is 14.5 Å². The molecule has 2 heterocycles. The second kappa shape index (κ2) is 7.18. The molecule has 1 atom stereocenters. The molecule has 8 heteroatoms. The van der Waals surface area contributed by atoms with Crippen LogP contribution in [0.1, 0.15) is 28.8 Å². The van der Waals surface area contributed by atoms with E-state index in [0.717, 1.165) is 12.8 Å². The molecule has 0 saturated carbocycles. The molecule has 1 aromatic carbocycles. The standard InChI is InChI=1S/C17H21N3O5/c1-12-11-13(4-5-14(12)20(23)24)16(21)18-6-8-19(9-7-18)17(22)15-3-2-10-25-15/h4-5,11,15H,2-3,6-10H2,1H3/t15-/m1/s1. The Morgan fingerprint density at radius 1 is 1.20 bits per heavy atom. The maximum atomic E-state index is 12.6. The molecule has 0 radical (unpaired) electrons. The van der Waals surface area contributed by atoms with Crippen LogP contribution in [-0.2, 0) is 9.53 Å². The van der Waals surface area contributed by atoms with Gasteiger partial charge in [-0.25, -0.2) is 0 Å². The number of nitrogens with zero attached hydrogens (tertiary/aromatic N) is 3. The Morgan fingerprint density at radius 3 is 2.44 bits per heavy atom. The van der Waals surface area contributed by atoms with E-state index < -0.39 is 4.92 Å². The van der Waals surface area contributed by atoms with Gasteiger partial charge in [-0.15, -0.1) is 0 Å².